The molecule has 5 heteroatoms. The van der Waals surface area contributed by atoms with Crippen LogP contribution in [0.5, 0.6) is 0 Å². The lowest BCUT2D eigenvalue weighted by Gasteiger charge is -2.34. The lowest BCUT2D eigenvalue weighted by Crippen LogP contribution is -2.28. The van der Waals surface area contributed by atoms with E-state index < -0.39 is 6.67 Å². The van der Waals surface area contributed by atoms with Crippen LogP contribution in [0.3, 0.4) is 0 Å². The summed E-state index contributed by atoms with van der Waals surface area (Å²) in [6, 6.07) is 0. The van der Waals surface area contributed by atoms with Crippen molar-refractivity contribution in [2.24, 2.45) is 10.9 Å². The molecule has 2 aliphatic rings. The molecule has 0 N–H and O–H groups in total. The van der Waals surface area contributed by atoms with E-state index >= 15 is 0 Å². The molecule has 0 bridgehead atoms. The minimum Gasteiger partial charge on any atom is -0.375 e. The Balaban J connectivity index is 2.28. The van der Waals surface area contributed by atoms with Crippen LogP contribution in [0, 0.1) is 5.92 Å². The Kier molecular flexibility index (Phi) is 5.76. The van der Waals surface area contributed by atoms with Crippen molar-refractivity contribution in [3.63, 3.8) is 0 Å². The van der Waals surface area contributed by atoms with Crippen molar-refractivity contribution in [2.75, 3.05) is 20.3 Å². The minimum absolute atomic E-state index is 0.113. The van der Waals surface area contributed by atoms with Crippen LogP contribution in [0.15, 0.2) is 40.8 Å². The van der Waals surface area contributed by atoms with E-state index in [1.165, 1.54) is 11.3 Å². The van der Waals surface area contributed by atoms with Gasteiger partial charge in [0.05, 0.1) is 12.7 Å². The molecule has 0 aromatic carbocycles. The number of rotatable bonds is 3. The Bertz CT molecular complexity index is 499. The molecule has 116 valence electrons. The topological polar surface area (TPSA) is 24.8 Å². The lowest BCUT2D eigenvalue weighted by atomic mass is 9.85. The third kappa shape index (κ3) is 4.04. The molecule has 0 saturated heterocycles. The average molecular weight is 357 g/mol. The van der Waals surface area contributed by atoms with Crippen molar-refractivity contribution in [2.45, 2.75) is 32.3 Å². The van der Waals surface area contributed by atoms with Gasteiger partial charge in [0.15, 0.2) is 0 Å². The van der Waals surface area contributed by atoms with Crippen LogP contribution in [0.25, 0.3) is 0 Å². The molecular formula is C16H22BrFN2O. The summed E-state index contributed by atoms with van der Waals surface area (Å²) in [7, 11) is 2.00. The summed E-state index contributed by atoms with van der Waals surface area (Å²) in [5.41, 5.74) is 2.60. The normalized spacial score (nSPS) is 31.0. The number of ether oxygens (including phenoxy) is 1. The van der Waals surface area contributed by atoms with Gasteiger partial charge in [-0.15, -0.1) is 0 Å². The Morgan fingerprint density at radius 1 is 1.57 bits per heavy atom. The number of aliphatic imine (C=N–C) groups is 1. The highest BCUT2D eigenvalue weighted by molar-refractivity contribution is 9.18. The highest BCUT2D eigenvalue weighted by Gasteiger charge is 2.27. The number of nitrogens with zero attached hydrogens (tertiary/aromatic N) is 2. The first-order valence-corrected chi connectivity index (χ1v) is 8.06. The van der Waals surface area contributed by atoms with Gasteiger partial charge in [-0.05, 0) is 52.8 Å². The van der Waals surface area contributed by atoms with Gasteiger partial charge in [-0.3, -0.25) is 0 Å². The van der Waals surface area contributed by atoms with Crippen molar-refractivity contribution in [3.05, 3.63) is 35.8 Å². The van der Waals surface area contributed by atoms with E-state index in [2.05, 4.69) is 45.4 Å². The summed E-state index contributed by atoms with van der Waals surface area (Å²) in [6.45, 7) is 5.97. The molecule has 0 amide bonds. The Labute approximate surface area is 134 Å². The van der Waals surface area contributed by atoms with Crippen LogP contribution in [0.1, 0.15) is 26.2 Å². The molecular weight excluding hydrogens is 335 g/mol. The summed E-state index contributed by atoms with van der Waals surface area (Å²) >= 11 is 3.44. The van der Waals surface area contributed by atoms with Crippen molar-refractivity contribution in [3.8, 4) is 0 Å². The first-order valence-electron chi connectivity index (χ1n) is 7.27. The molecule has 2 unspecified atom stereocenters. The highest BCUT2D eigenvalue weighted by atomic mass is 79.9. The molecule has 1 aliphatic heterocycles. The molecule has 1 aliphatic carbocycles. The first-order chi connectivity index (χ1) is 10.0. The highest BCUT2D eigenvalue weighted by Crippen LogP contribution is 2.35. The molecule has 2 rings (SSSR count). The SMILES string of the molecule is C=C1/N=C(Br)\C=C/C(C)C2=C(CCC(OCCF)C2)N1C. The number of alkyl halides is 1. The van der Waals surface area contributed by atoms with Gasteiger partial charge in [0.2, 0.25) is 0 Å². The van der Waals surface area contributed by atoms with Crippen molar-refractivity contribution in [1.82, 2.24) is 4.90 Å². The molecule has 0 aromatic rings. The van der Waals surface area contributed by atoms with E-state index in [1.807, 2.05) is 13.1 Å². The third-order valence-electron chi connectivity index (χ3n) is 4.05. The van der Waals surface area contributed by atoms with Gasteiger partial charge in [-0.1, -0.05) is 19.6 Å². The summed E-state index contributed by atoms with van der Waals surface area (Å²) in [6.07, 6.45) is 6.88. The first kappa shape index (κ1) is 16.4. The van der Waals surface area contributed by atoms with E-state index in [0.717, 1.165) is 29.7 Å². The van der Waals surface area contributed by atoms with E-state index in [-0.39, 0.29) is 12.7 Å². The van der Waals surface area contributed by atoms with Gasteiger partial charge in [0.25, 0.3) is 0 Å². The second kappa shape index (κ2) is 7.36. The predicted octanol–water partition coefficient (Wildman–Crippen LogP) is 4.18. The maximum absolute atomic E-state index is 12.3. The van der Waals surface area contributed by atoms with Crippen LogP contribution in [0.4, 0.5) is 4.39 Å². The third-order valence-corrected chi connectivity index (χ3v) is 4.49. The number of halogens is 2. The monoisotopic (exact) mass is 356 g/mol. The Hall–Kier alpha value is -0.940. The lowest BCUT2D eigenvalue weighted by molar-refractivity contribution is 0.0329. The van der Waals surface area contributed by atoms with E-state index in [1.54, 1.807) is 0 Å². The maximum atomic E-state index is 12.3. The Morgan fingerprint density at radius 3 is 3.05 bits per heavy atom. The molecule has 21 heavy (non-hydrogen) atoms. The second-order valence-corrected chi connectivity index (χ2v) is 6.27. The standard InChI is InChI=1S/C16H22BrFN2O/c1-11-4-7-16(17)19-12(2)20(3)15-6-5-13(10-14(11)15)21-9-8-18/h4,7,11,13H,2,5-6,8-10H2,1,3H3/b7-4-,19-16+. The average Bonchev–Trinajstić information content (AvgIpc) is 2.52. The van der Waals surface area contributed by atoms with Gasteiger partial charge in [-0.2, -0.15) is 0 Å². The van der Waals surface area contributed by atoms with Gasteiger partial charge in [0, 0.05) is 12.7 Å². The fourth-order valence-electron chi connectivity index (χ4n) is 2.84. The van der Waals surface area contributed by atoms with Crippen LogP contribution >= 0.6 is 15.9 Å². The van der Waals surface area contributed by atoms with E-state index in [4.69, 9.17) is 4.74 Å². The van der Waals surface area contributed by atoms with E-state index in [9.17, 15) is 4.39 Å². The fraction of sp³-hybridized carbons (Fsp3) is 0.562. The molecule has 0 radical (unpaired) electrons. The zero-order valence-corrected chi connectivity index (χ0v) is 14.2. The van der Waals surface area contributed by atoms with Gasteiger partial charge < -0.3 is 9.64 Å². The van der Waals surface area contributed by atoms with Crippen LogP contribution in [-0.4, -0.2) is 36.0 Å². The number of hydrogen-bond acceptors (Lipinski definition) is 3. The molecule has 2 atom stereocenters. The number of allylic oxidation sites excluding steroid dienone is 3. The second-order valence-electron chi connectivity index (χ2n) is 5.45. The van der Waals surface area contributed by atoms with Crippen molar-refractivity contribution in [1.29, 1.82) is 0 Å². The fourth-order valence-corrected chi connectivity index (χ4v) is 3.20. The Morgan fingerprint density at radius 2 is 2.33 bits per heavy atom. The largest absolute Gasteiger partial charge is 0.375 e. The maximum Gasteiger partial charge on any atom is 0.126 e. The molecule has 0 aromatic heterocycles. The van der Waals surface area contributed by atoms with Gasteiger partial charge >= 0.3 is 0 Å². The van der Waals surface area contributed by atoms with Crippen LogP contribution in [-0.2, 0) is 4.74 Å². The van der Waals surface area contributed by atoms with Gasteiger partial charge in [0.1, 0.15) is 17.1 Å². The summed E-state index contributed by atoms with van der Waals surface area (Å²) in [4.78, 5) is 6.50. The summed E-state index contributed by atoms with van der Waals surface area (Å²) < 4.78 is 18.7. The smallest absolute Gasteiger partial charge is 0.126 e. The van der Waals surface area contributed by atoms with Crippen LogP contribution in [0.2, 0.25) is 0 Å². The number of hydrogen-bond donors (Lipinski definition) is 0. The van der Waals surface area contributed by atoms with Gasteiger partial charge in [-0.25, -0.2) is 9.38 Å². The quantitative estimate of drug-likeness (QED) is 0.757. The molecule has 0 fully saturated rings. The zero-order valence-electron chi connectivity index (χ0n) is 12.6. The van der Waals surface area contributed by atoms with E-state index in [0.29, 0.717) is 5.92 Å². The molecule has 3 nitrogen and oxygen atoms in total. The minimum atomic E-state index is -0.421. The molecule has 0 spiro atoms. The molecule has 0 saturated carbocycles. The zero-order chi connectivity index (χ0) is 15.4. The molecule has 1 heterocycles. The van der Waals surface area contributed by atoms with Crippen molar-refractivity contribution >= 4 is 20.6 Å². The predicted molar refractivity (Wildman–Crippen MR) is 88.2 cm³/mol. The van der Waals surface area contributed by atoms with Crippen molar-refractivity contribution < 1.29 is 9.13 Å². The van der Waals surface area contributed by atoms with Crippen LogP contribution < -0.4 is 0 Å². The summed E-state index contributed by atoms with van der Waals surface area (Å²) in [5.74, 6) is 1.02. The summed E-state index contributed by atoms with van der Waals surface area (Å²) in [5, 5.41) is 0.